The van der Waals surface area contributed by atoms with E-state index in [4.69, 9.17) is 4.74 Å². The van der Waals surface area contributed by atoms with Crippen molar-refractivity contribution in [1.82, 2.24) is 5.32 Å². The summed E-state index contributed by atoms with van der Waals surface area (Å²) in [5.41, 5.74) is 0.0581. The van der Waals surface area contributed by atoms with Gasteiger partial charge in [-0.3, -0.25) is 4.79 Å². The summed E-state index contributed by atoms with van der Waals surface area (Å²) in [4.78, 5) is 13.3. The fourth-order valence-electron chi connectivity index (χ4n) is 1.98. The smallest absolute Gasteiger partial charge is 0.323 e. The van der Waals surface area contributed by atoms with Gasteiger partial charge in [-0.15, -0.1) is 0 Å². The third kappa shape index (κ3) is 4.13. The number of carboxylic acid groups (broad SMARTS) is 1. The molecule has 0 fully saturated rings. The maximum atomic E-state index is 11.3. The Hall–Kier alpha value is -1.75. The molecule has 5 heteroatoms. The highest BCUT2D eigenvalue weighted by molar-refractivity contribution is 5.78. The molecule has 0 bridgehead atoms. The molecule has 2 atom stereocenters. The first-order valence-electron chi connectivity index (χ1n) is 6.65. The summed E-state index contributed by atoms with van der Waals surface area (Å²) < 4.78 is 5.82. The molecule has 0 heterocycles. The minimum Gasteiger partial charge on any atom is -0.491 e. The Bertz CT molecular complexity index is 462. The number of nitrogens with zero attached hydrogens (tertiary/aromatic N) is 1. The van der Waals surface area contributed by atoms with Gasteiger partial charge >= 0.3 is 5.97 Å². The molecule has 0 aromatic heterocycles. The first-order chi connectivity index (χ1) is 9.28. The molecule has 1 aromatic carbocycles. The van der Waals surface area contributed by atoms with E-state index in [2.05, 4.69) is 5.32 Å². The van der Waals surface area contributed by atoms with E-state index >= 15 is 0 Å². The van der Waals surface area contributed by atoms with Gasteiger partial charge < -0.3 is 20.1 Å². The van der Waals surface area contributed by atoms with E-state index in [-0.39, 0.29) is 6.10 Å². The van der Waals surface area contributed by atoms with Crippen LogP contribution in [0.1, 0.15) is 20.3 Å². The largest absolute Gasteiger partial charge is 0.491 e. The molecule has 0 radical (unpaired) electrons. The third-order valence-electron chi connectivity index (χ3n) is 3.39. The quantitative estimate of drug-likeness (QED) is 0.799. The molecule has 1 aromatic rings. The van der Waals surface area contributed by atoms with Crippen LogP contribution < -0.4 is 15.0 Å². The van der Waals surface area contributed by atoms with E-state index < -0.39 is 11.5 Å². The molecule has 2 unspecified atom stereocenters. The van der Waals surface area contributed by atoms with Gasteiger partial charge in [0.25, 0.3) is 0 Å². The minimum absolute atomic E-state index is 0.207. The van der Waals surface area contributed by atoms with Crippen molar-refractivity contribution in [2.75, 3.05) is 26.0 Å². The second-order valence-electron chi connectivity index (χ2n) is 5.41. The third-order valence-corrected chi connectivity index (χ3v) is 3.39. The molecule has 0 aliphatic heterocycles. The number of rotatable bonds is 7. The Labute approximate surface area is 120 Å². The summed E-state index contributed by atoms with van der Waals surface area (Å²) in [6.45, 7) is 3.53. The van der Waals surface area contributed by atoms with Gasteiger partial charge in [0.1, 0.15) is 11.3 Å². The molecule has 5 nitrogen and oxygen atoms in total. The molecule has 20 heavy (non-hydrogen) atoms. The second-order valence-corrected chi connectivity index (χ2v) is 5.41. The van der Waals surface area contributed by atoms with Crippen LogP contribution in [-0.2, 0) is 4.79 Å². The molecule has 0 saturated carbocycles. The Morgan fingerprint density at radius 2 is 2.15 bits per heavy atom. The number of ether oxygens (including phenoxy) is 1. The van der Waals surface area contributed by atoms with Crippen LogP contribution in [0.5, 0.6) is 5.75 Å². The van der Waals surface area contributed by atoms with E-state index in [1.165, 1.54) is 0 Å². The van der Waals surface area contributed by atoms with Crippen LogP contribution in [0.15, 0.2) is 24.3 Å². The topological polar surface area (TPSA) is 61.8 Å². The zero-order chi connectivity index (χ0) is 15.3. The number of nitrogens with one attached hydrogen (secondary N) is 1. The molecule has 0 amide bonds. The molecule has 0 aliphatic rings. The molecule has 0 aliphatic carbocycles. The van der Waals surface area contributed by atoms with Crippen molar-refractivity contribution in [1.29, 1.82) is 0 Å². The van der Waals surface area contributed by atoms with Gasteiger partial charge in [0.05, 0.1) is 6.10 Å². The highest BCUT2D eigenvalue weighted by Crippen LogP contribution is 2.22. The Morgan fingerprint density at radius 3 is 2.65 bits per heavy atom. The minimum atomic E-state index is -0.988. The van der Waals surface area contributed by atoms with Crippen LogP contribution in [0, 0.1) is 0 Å². The fourth-order valence-corrected chi connectivity index (χ4v) is 1.98. The lowest BCUT2D eigenvalue weighted by atomic mass is 9.95. The average Bonchev–Trinajstić information content (AvgIpc) is 2.38. The molecule has 1 rings (SSSR count). The van der Waals surface area contributed by atoms with Crippen LogP contribution in [0.2, 0.25) is 0 Å². The molecule has 0 saturated heterocycles. The van der Waals surface area contributed by atoms with Crippen molar-refractivity contribution in [2.24, 2.45) is 0 Å². The summed E-state index contributed by atoms with van der Waals surface area (Å²) in [6, 6.07) is 7.73. The lowest BCUT2D eigenvalue weighted by Gasteiger charge is -2.28. The van der Waals surface area contributed by atoms with Crippen LogP contribution in [0.4, 0.5) is 5.69 Å². The normalized spacial score (nSPS) is 15.2. The number of carboxylic acids is 1. The van der Waals surface area contributed by atoms with Crippen molar-refractivity contribution in [3.8, 4) is 5.75 Å². The van der Waals surface area contributed by atoms with Crippen molar-refractivity contribution in [3.63, 3.8) is 0 Å². The summed E-state index contributed by atoms with van der Waals surface area (Å²) in [5.74, 6) is -0.134. The molecule has 0 spiro atoms. The van der Waals surface area contributed by atoms with E-state index in [0.717, 1.165) is 11.4 Å². The van der Waals surface area contributed by atoms with Gasteiger partial charge in [0.15, 0.2) is 0 Å². The predicted octanol–water partition coefficient (Wildman–Crippen LogP) is 1.97. The average molecular weight is 280 g/mol. The van der Waals surface area contributed by atoms with Crippen LogP contribution in [-0.4, -0.2) is 43.9 Å². The van der Waals surface area contributed by atoms with E-state index in [9.17, 15) is 9.90 Å². The number of benzene rings is 1. The van der Waals surface area contributed by atoms with Crippen LogP contribution >= 0.6 is 0 Å². The van der Waals surface area contributed by atoms with Gasteiger partial charge in [-0.1, -0.05) is 6.07 Å². The second kappa shape index (κ2) is 6.61. The van der Waals surface area contributed by atoms with Crippen molar-refractivity contribution in [2.45, 2.75) is 31.9 Å². The Morgan fingerprint density at radius 1 is 1.50 bits per heavy atom. The SMILES string of the molecule is CNC(C)(CC(C)Oc1cccc(N(C)C)c1)C(=O)O. The van der Waals surface area contributed by atoms with Gasteiger partial charge in [-0.2, -0.15) is 0 Å². The number of carbonyl (C=O) groups is 1. The number of anilines is 1. The zero-order valence-electron chi connectivity index (χ0n) is 12.8. The van der Waals surface area contributed by atoms with Crippen molar-refractivity contribution < 1.29 is 14.6 Å². The Kier molecular flexibility index (Phi) is 5.39. The van der Waals surface area contributed by atoms with Crippen LogP contribution in [0.3, 0.4) is 0 Å². The van der Waals surface area contributed by atoms with E-state index in [0.29, 0.717) is 6.42 Å². The monoisotopic (exact) mass is 280 g/mol. The van der Waals surface area contributed by atoms with Crippen LogP contribution in [0.25, 0.3) is 0 Å². The molecular weight excluding hydrogens is 256 g/mol. The standard InChI is InChI=1S/C15H24N2O3/c1-11(10-15(2,16-3)14(18)19)20-13-8-6-7-12(9-13)17(4)5/h6-9,11,16H,10H2,1-5H3,(H,18,19). The van der Waals surface area contributed by atoms with E-state index in [1.54, 1.807) is 14.0 Å². The number of hydrogen-bond acceptors (Lipinski definition) is 4. The maximum absolute atomic E-state index is 11.3. The lowest BCUT2D eigenvalue weighted by Crippen LogP contribution is -2.50. The van der Waals surface area contributed by atoms with Gasteiger partial charge in [0.2, 0.25) is 0 Å². The highest BCUT2D eigenvalue weighted by atomic mass is 16.5. The lowest BCUT2D eigenvalue weighted by molar-refractivity contribution is -0.145. The summed E-state index contributed by atoms with van der Waals surface area (Å²) in [6.07, 6.45) is 0.173. The fraction of sp³-hybridized carbons (Fsp3) is 0.533. The highest BCUT2D eigenvalue weighted by Gasteiger charge is 2.33. The van der Waals surface area contributed by atoms with Gasteiger partial charge in [0, 0.05) is 32.3 Å². The molecule has 112 valence electrons. The summed E-state index contributed by atoms with van der Waals surface area (Å²) in [5, 5.41) is 12.1. The van der Waals surface area contributed by atoms with Gasteiger partial charge in [-0.25, -0.2) is 0 Å². The molecule has 2 N–H and O–H groups in total. The molecular formula is C15H24N2O3. The summed E-state index contributed by atoms with van der Waals surface area (Å²) in [7, 11) is 5.57. The predicted molar refractivity (Wildman–Crippen MR) is 80.6 cm³/mol. The zero-order valence-corrected chi connectivity index (χ0v) is 12.8. The van der Waals surface area contributed by atoms with Gasteiger partial charge in [-0.05, 0) is 33.0 Å². The number of hydrogen-bond donors (Lipinski definition) is 2. The Balaban J connectivity index is 2.73. The maximum Gasteiger partial charge on any atom is 0.323 e. The van der Waals surface area contributed by atoms with Crippen molar-refractivity contribution >= 4 is 11.7 Å². The van der Waals surface area contributed by atoms with Crippen molar-refractivity contribution in [3.05, 3.63) is 24.3 Å². The first-order valence-corrected chi connectivity index (χ1v) is 6.65. The number of likely N-dealkylation sites (N-methyl/N-ethyl adjacent to an activating group) is 1. The first kappa shape index (κ1) is 16.3. The number of aliphatic carboxylic acids is 1. The van der Waals surface area contributed by atoms with E-state index in [1.807, 2.05) is 50.2 Å². The summed E-state index contributed by atoms with van der Waals surface area (Å²) >= 11 is 0.